The summed E-state index contributed by atoms with van der Waals surface area (Å²) in [7, 11) is 3.54. The number of aromatic nitrogens is 3. The predicted molar refractivity (Wildman–Crippen MR) is 149 cm³/mol. The van der Waals surface area contributed by atoms with Crippen molar-refractivity contribution >= 4 is 11.7 Å². The number of carbonyl (C=O) groups is 1. The molecule has 2 fully saturated rings. The van der Waals surface area contributed by atoms with E-state index >= 15 is 0 Å². The van der Waals surface area contributed by atoms with Crippen molar-refractivity contribution in [2.75, 3.05) is 33.3 Å². The number of piperazine rings is 1. The van der Waals surface area contributed by atoms with Crippen LogP contribution in [0.25, 0.3) is 11.1 Å². The lowest BCUT2D eigenvalue weighted by atomic mass is 9.83. The van der Waals surface area contributed by atoms with Crippen LogP contribution in [0.15, 0.2) is 53.6 Å². The Morgan fingerprint density at radius 3 is 2.79 bits per heavy atom. The van der Waals surface area contributed by atoms with Gasteiger partial charge in [-0.25, -0.2) is 4.99 Å². The molecule has 0 aromatic carbocycles. The molecule has 38 heavy (non-hydrogen) atoms. The summed E-state index contributed by atoms with van der Waals surface area (Å²) >= 11 is 0. The Hall–Kier alpha value is -3.46. The first-order valence-corrected chi connectivity index (χ1v) is 13.5. The van der Waals surface area contributed by atoms with Crippen molar-refractivity contribution in [3.05, 3.63) is 54.3 Å². The molecule has 2 aromatic rings. The summed E-state index contributed by atoms with van der Waals surface area (Å²) in [6.07, 6.45) is 11.2. The lowest BCUT2D eigenvalue weighted by Gasteiger charge is -2.48. The number of likely N-dealkylation sites (tertiary alicyclic amines) is 1. The number of hydrogen-bond acceptors (Lipinski definition) is 7. The Morgan fingerprint density at radius 2 is 2.03 bits per heavy atom. The Bertz CT molecular complexity index is 1270. The highest BCUT2D eigenvalue weighted by Gasteiger charge is 2.46. The molecule has 0 aliphatic carbocycles. The smallest absolute Gasteiger partial charge is 0.243 e. The molecule has 0 radical (unpaired) electrons. The van der Waals surface area contributed by atoms with Crippen molar-refractivity contribution in [1.82, 2.24) is 29.9 Å². The van der Waals surface area contributed by atoms with Crippen LogP contribution in [-0.4, -0.2) is 75.1 Å². The number of aliphatic imine (C=N–C) groups is 1. The third-order valence-corrected chi connectivity index (χ3v) is 8.07. The first-order valence-electron chi connectivity index (χ1n) is 13.5. The van der Waals surface area contributed by atoms with Crippen LogP contribution in [0.4, 0.5) is 0 Å². The molecule has 1 atom stereocenters. The average molecular weight is 518 g/mol. The molecule has 2 aromatic heterocycles. The number of piperidine rings is 1. The lowest BCUT2D eigenvalue weighted by molar-refractivity contribution is -0.144. The van der Waals surface area contributed by atoms with Gasteiger partial charge in [0.15, 0.2) is 0 Å². The average Bonchev–Trinajstić information content (AvgIpc) is 3.28. The zero-order valence-corrected chi connectivity index (χ0v) is 23.0. The Morgan fingerprint density at radius 1 is 1.24 bits per heavy atom. The normalized spacial score (nSPS) is 23.5. The minimum atomic E-state index is -0.542. The number of pyridine rings is 1. The fourth-order valence-corrected chi connectivity index (χ4v) is 5.92. The zero-order valence-electron chi connectivity index (χ0n) is 23.0. The number of rotatable bonds is 4. The van der Waals surface area contributed by atoms with Crippen molar-refractivity contribution in [3.8, 4) is 16.9 Å². The number of amides is 1. The van der Waals surface area contributed by atoms with Gasteiger partial charge in [0, 0.05) is 62.7 Å². The number of hydrogen-bond donors (Lipinski definition) is 1. The largest absolute Gasteiger partial charge is 0.495 e. The number of carbonyl (C=O) groups excluding carboxylic acids is 1. The van der Waals surface area contributed by atoms with Gasteiger partial charge < -0.3 is 19.9 Å². The van der Waals surface area contributed by atoms with Crippen LogP contribution in [-0.2, 0) is 18.4 Å². The molecule has 9 heteroatoms. The fraction of sp³-hybridized carbons (Fsp3) is 0.517. The molecule has 5 heterocycles. The molecule has 202 valence electrons. The van der Waals surface area contributed by atoms with Crippen LogP contribution in [0.5, 0.6) is 5.75 Å². The van der Waals surface area contributed by atoms with E-state index < -0.39 is 5.54 Å². The van der Waals surface area contributed by atoms with E-state index in [2.05, 4.69) is 41.7 Å². The second-order valence-corrected chi connectivity index (χ2v) is 10.9. The number of nitrogens with one attached hydrogen (secondary N) is 1. The minimum Gasteiger partial charge on any atom is -0.495 e. The van der Waals surface area contributed by atoms with Gasteiger partial charge in [-0.15, -0.1) is 0 Å². The predicted octanol–water partition coefficient (Wildman–Crippen LogP) is 3.55. The van der Waals surface area contributed by atoms with Gasteiger partial charge in [-0.2, -0.15) is 5.10 Å². The standard InChI is InChI=1S/C29H39N7O2/c1-20-6-7-21(2)27(32-22(3)14-20)35-11-8-29(9-12-35)28(37)36(13-10-31-29)19-26-25(18-34(4)33-26)23-15-24(38-5)17-30-16-23/h14-18,21,31H,3,6-13,19H2,1-2,4-5H3/b20-14-,32-27?. The molecule has 5 rings (SSSR count). The van der Waals surface area contributed by atoms with Crippen LogP contribution in [0.2, 0.25) is 0 Å². The quantitative estimate of drug-likeness (QED) is 0.668. The molecule has 0 saturated carbocycles. The van der Waals surface area contributed by atoms with Crippen LogP contribution < -0.4 is 10.1 Å². The highest BCUT2D eigenvalue weighted by Crippen LogP contribution is 2.32. The van der Waals surface area contributed by atoms with Crippen molar-refractivity contribution < 1.29 is 9.53 Å². The van der Waals surface area contributed by atoms with Gasteiger partial charge in [0.2, 0.25) is 5.91 Å². The van der Waals surface area contributed by atoms with Gasteiger partial charge in [0.25, 0.3) is 0 Å². The van der Waals surface area contributed by atoms with E-state index in [0.29, 0.717) is 24.8 Å². The molecule has 1 N–H and O–H groups in total. The van der Waals surface area contributed by atoms with Crippen molar-refractivity contribution in [2.24, 2.45) is 18.0 Å². The van der Waals surface area contributed by atoms with Crippen LogP contribution in [0.1, 0.15) is 45.2 Å². The van der Waals surface area contributed by atoms with E-state index in [0.717, 1.165) is 73.7 Å². The molecule has 1 amide bonds. The molecule has 1 spiro atoms. The van der Waals surface area contributed by atoms with Gasteiger partial charge in [-0.1, -0.05) is 19.1 Å². The Labute approximate surface area is 225 Å². The first-order chi connectivity index (χ1) is 18.3. The number of amidine groups is 1. The fourth-order valence-electron chi connectivity index (χ4n) is 5.92. The molecule has 2 saturated heterocycles. The van der Waals surface area contributed by atoms with Crippen LogP contribution in [0, 0.1) is 5.92 Å². The van der Waals surface area contributed by atoms with Gasteiger partial charge >= 0.3 is 0 Å². The zero-order chi connectivity index (χ0) is 26.9. The number of ether oxygens (including phenoxy) is 1. The third-order valence-electron chi connectivity index (χ3n) is 8.07. The molecule has 0 bridgehead atoms. The summed E-state index contributed by atoms with van der Waals surface area (Å²) in [5, 5.41) is 8.31. The highest BCUT2D eigenvalue weighted by molar-refractivity contribution is 5.89. The number of aryl methyl sites for hydroxylation is 1. The van der Waals surface area contributed by atoms with E-state index in [9.17, 15) is 4.79 Å². The number of allylic oxidation sites excluding steroid dienone is 2. The van der Waals surface area contributed by atoms with Crippen LogP contribution >= 0.6 is 0 Å². The maximum atomic E-state index is 13.9. The van der Waals surface area contributed by atoms with Gasteiger partial charge in [0.05, 0.1) is 31.2 Å². The van der Waals surface area contributed by atoms with Crippen molar-refractivity contribution in [2.45, 2.75) is 51.6 Å². The lowest BCUT2D eigenvalue weighted by Crippen LogP contribution is -2.67. The summed E-state index contributed by atoms with van der Waals surface area (Å²) in [5.74, 6) is 2.34. The van der Waals surface area contributed by atoms with E-state index in [1.54, 1.807) is 18.0 Å². The highest BCUT2D eigenvalue weighted by atomic mass is 16.5. The summed E-state index contributed by atoms with van der Waals surface area (Å²) in [4.78, 5) is 27.5. The van der Waals surface area contributed by atoms with Crippen molar-refractivity contribution in [1.29, 1.82) is 0 Å². The monoisotopic (exact) mass is 517 g/mol. The van der Waals surface area contributed by atoms with Gasteiger partial charge in [0.1, 0.15) is 17.1 Å². The second kappa shape index (κ2) is 10.7. The maximum Gasteiger partial charge on any atom is 0.243 e. The van der Waals surface area contributed by atoms with Crippen LogP contribution in [0.3, 0.4) is 0 Å². The van der Waals surface area contributed by atoms with E-state index in [-0.39, 0.29) is 5.91 Å². The molecular weight excluding hydrogens is 478 g/mol. The van der Waals surface area contributed by atoms with Gasteiger partial charge in [-0.05, 0) is 44.7 Å². The number of nitrogens with zero attached hydrogens (tertiary/aromatic N) is 6. The molecule has 1 unspecified atom stereocenters. The Balaban J connectivity index is 1.31. The summed E-state index contributed by atoms with van der Waals surface area (Å²) in [6, 6.07) is 1.95. The maximum absolute atomic E-state index is 13.9. The number of methoxy groups -OCH3 is 1. The second-order valence-electron chi connectivity index (χ2n) is 10.9. The molecular formula is C29H39N7O2. The van der Waals surface area contributed by atoms with Gasteiger partial charge in [-0.3, -0.25) is 14.5 Å². The molecule has 3 aliphatic heterocycles. The van der Waals surface area contributed by atoms with E-state index in [1.165, 1.54) is 5.57 Å². The minimum absolute atomic E-state index is 0.166. The molecule has 3 aliphatic rings. The topological polar surface area (TPSA) is 87.9 Å². The summed E-state index contributed by atoms with van der Waals surface area (Å²) in [5.41, 5.74) is 4.37. The molecule has 9 nitrogen and oxygen atoms in total. The first kappa shape index (κ1) is 26.2. The van der Waals surface area contributed by atoms with E-state index in [1.807, 2.05) is 30.4 Å². The third kappa shape index (κ3) is 5.25. The summed E-state index contributed by atoms with van der Waals surface area (Å²) < 4.78 is 7.16. The van der Waals surface area contributed by atoms with Crippen molar-refractivity contribution in [3.63, 3.8) is 0 Å². The SMILES string of the molecule is C=C1/C=C(/C)CCC(C)C(N2CCC3(CC2)NCCN(Cc2nn(C)cc2-c2cncc(OC)c2)C3=O)=N1. The van der Waals surface area contributed by atoms with E-state index in [4.69, 9.17) is 14.8 Å². The summed E-state index contributed by atoms with van der Waals surface area (Å²) in [6.45, 7) is 12.1. The Kier molecular flexibility index (Phi) is 7.38.